The lowest BCUT2D eigenvalue weighted by atomic mass is 10.1. The van der Waals surface area contributed by atoms with Crippen LogP contribution in [0.1, 0.15) is 12.8 Å². The number of esters is 1. The number of methoxy groups -OCH3 is 1. The SMILES string of the molecule is COC(=O)CNC1CCS(=O)CC1. The number of hydrogen-bond donors (Lipinski definition) is 1. The number of carbonyl (C=O) groups is 1. The lowest BCUT2D eigenvalue weighted by molar-refractivity contribution is -0.139. The molecule has 0 bridgehead atoms. The summed E-state index contributed by atoms with van der Waals surface area (Å²) in [6, 6.07) is 0.330. The van der Waals surface area contributed by atoms with Gasteiger partial charge in [0.1, 0.15) is 0 Å². The second-order valence-electron chi connectivity index (χ2n) is 3.08. The van der Waals surface area contributed by atoms with Crippen molar-refractivity contribution in [3.63, 3.8) is 0 Å². The lowest BCUT2D eigenvalue weighted by Gasteiger charge is -2.21. The molecule has 0 amide bonds. The van der Waals surface area contributed by atoms with Crippen molar-refractivity contribution in [3.8, 4) is 0 Å². The first-order chi connectivity index (χ1) is 6.22. The third-order valence-electron chi connectivity index (χ3n) is 2.15. The highest BCUT2D eigenvalue weighted by Crippen LogP contribution is 2.08. The van der Waals surface area contributed by atoms with Crippen LogP contribution >= 0.6 is 0 Å². The van der Waals surface area contributed by atoms with Gasteiger partial charge in [0.05, 0.1) is 13.7 Å². The van der Waals surface area contributed by atoms with E-state index in [1.807, 2.05) is 0 Å². The van der Waals surface area contributed by atoms with Gasteiger partial charge in [0.25, 0.3) is 0 Å². The van der Waals surface area contributed by atoms with E-state index in [0.717, 1.165) is 24.3 Å². The summed E-state index contributed by atoms with van der Waals surface area (Å²) in [6.07, 6.45) is 1.78. The fourth-order valence-corrected chi connectivity index (χ4v) is 2.60. The molecular formula is C8H15NO3S. The predicted molar refractivity (Wildman–Crippen MR) is 50.9 cm³/mol. The minimum atomic E-state index is -0.633. The molecule has 5 heteroatoms. The molecule has 0 aromatic rings. The van der Waals surface area contributed by atoms with Crippen molar-refractivity contribution in [2.75, 3.05) is 25.2 Å². The molecule has 1 N–H and O–H groups in total. The van der Waals surface area contributed by atoms with Crippen LogP contribution in [-0.2, 0) is 20.3 Å². The Morgan fingerprint density at radius 1 is 1.54 bits per heavy atom. The van der Waals surface area contributed by atoms with E-state index in [0.29, 0.717) is 6.04 Å². The van der Waals surface area contributed by atoms with E-state index >= 15 is 0 Å². The Balaban J connectivity index is 2.15. The van der Waals surface area contributed by atoms with Gasteiger partial charge in [-0.3, -0.25) is 9.00 Å². The van der Waals surface area contributed by atoms with E-state index in [1.54, 1.807) is 0 Å². The Kier molecular flexibility index (Phi) is 4.38. The Labute approximate surface area is 80.5 Å². The number of nitrogens with one attached hydrogen (secondary N) is 1. The zero-order valence-electron chi connectivity index (χ0n) is 7.75. The molecule has 1 fully saturated rings. The molecule has 0 radical (unpaired) electrons. The third kappa shape index (κ3) is 3.87. The molecule has 1 aliphatic rings. The number of hydrogen-bond acceptors (Lipinski definition) is 4. The van der Waals surface area contributed by atoms with Gasteiger partial charge in [0.15, 0.2) is 0 Å². The van der Waals surface area contributed by atoms with Crippen LogP contribution in [0.15, 0.2) is 0 Å². The van der Waals surface area contributed by atoms with Gasteiger partial charge < -0.3 is 10.1 Å². The van der Waals surface area contributed by atoms with Crippen molar-refractivity contribution in [3.05, 3.63) is 0 Å². The molecule has 0 spiro atoms. The van der Waals surface area contributed by atoms with E-state index in [4.69, 9.17) is 0 Å². The fraction of sp³-hybridized carbons (Fsp3) is 0.875. The highest BCUT2D eigenvalue weighted by Gasteiger charge is 2.17. The van der Waals surface area contributed by atoms with Crippen LogP contribution in [0.5, 0.6) is 0 Å². The topological polar surface area (TPSA) is 55.4 Å². The largest absolute Gasteiger partial charge is 0.468 e. The molecule has 0 unspecified atom stereocenters. The van der Waals surface area contributed by atoms with Gasteiger partial charge >= 0.3 is 5.97 Å². The summed E-state index contributed by atoms with van der Waals surface area (Å²) in [5, 5.41) is 3.08. The van der Waals surface area contributed by atoms with Crippen LogP contribution in [0.25, 0.3) is 0 Å². The second-order valence-corrected chi connectivity index (χ2v) is 4.78. The van der Waals surface area contributed by atoms with Crippen LogP contribution in [0.4, 0.5) is 0 Å². The lowest BCUT2D eigenvalue weighted by Crippen LogP contribution is -2.38. The first-order valence-electron chi connectivity index (χ1n) is 4.37. The molecule has 0 atom stereocenters. The fourth-order valence-electron chi connectivity index (χ4n) is 1.30. The van der Waals surface area contributed by atoms with Crippen molar-refractivity contribution < 1.29 is 13.7 Å². The van der Waals surface area contributed by atoms with E-state index in [1.165, 1.54) is 7.11 Å². The molecule has 0 saturated carbocycles. The van der Waals surface area contributed by atoms with Crippen molar-refractivity contribution >= 4 is 16.8 Å². The van der Waals surface area contributed by atoms with Crippen molar-refractivity contribution in [1.82, 2.24) is 5.32 Å². The summed E-state index contributed by atoms with van der Waals surface area (Å²) in [5.41, 5.74) is 0. The number of carbonyl (C=O) groups excluding carboxylic acids is 1. The highest BCUT2D eigenvalue weighted by molar-refractivity contribution is 7.85. The summed E-state index contributed by atoms with van der Waals surface area (Å²) in [5.74, 6) is 1.25. The summed E-state index contributed by atoms with van der Waals surface area (Å²) in [6.45, 7) is 0.258. The first-order valence-corrected chi connectivity index (χ1v) is 5.86. The van der Waals surface area contributed by atoms with E-state index in [-0.39, 0.29) is 12.5 Å². The molecule has 13 heavy (non-hydrogen) atoms. The zero-order chi connectivity index (χ0) is 9.68. The molecule has 0 aliphatic carbocycles. The van der Waals surface area contributed by atoms with Crippen molar-refractivity contribution in [1.29, 1.82) is 0 Å². The van der Waals surface area contributed by atoms with Gasteiger partial charge in [-0.15, -0.1) is 0 Å². The Morgan fingerprint density at radius 3 is 2.69 bits per heavy atom. The quantitative estimate of drug-likeness (QED) is 0.640. The van der Waals surface area contributed by atoms with Gasteiger partial charge in [0.2, 0.25) is 0 Å². The van der Waals surface area contributed by atoms with Crippen molar-refractivity contribution in [2.45, 2.75) is 18.9 Å². The zero-order valence-corrected chi connectivity index (χ0v) is 8.56. The van der Waals surface area contributed by atoms with Crippen LogP contribution in [0.2, 0.25) is 0 Å². The van der Waals surface area contributed by atoms with Gasteiger partial charge in [0, 0.05) is 28.3 Å². The van der Waals surface area contributed by atoms with Gasteiger partial charge in [-0.25, -0.2) is 0 Å². The van der Waals surface area contributed by atoms with Crippen LogP contribution in [0.3, 0.4) is 0 Å². The number of ether oxygens (including phenoxy) is 1. The van der Waals surface area contributed by atoms with Crippen molar-refractivity contribution in [2.24, 2.45) is 0 Å². The van der Waals surface area contributed by atoms with Gasteiger partial charge in [-0.05, 0) is 12.8 Å². The third-order valence-corrected chi connectivity index (χ3v) is 3.53. The minimum Gasteiger partial charge on any atom is -0.468 e. The van der Waals surface area contributed by atoms with Crippen LogP contribution < -0.4 is 5.32 Å². The Hall–Kier alpha value is -0.420. The molecule has 0 aromatic carbocycles. The van der Waals surface area contributed by atoms with Crippen LogP contribution in [-0.4, -0.2) is 41.4 Å². The molecule has 1 rings (SSSR count). The smallest absolute Gasteiger partial charge is 0.319 e. The monoisotopic (exact) mass is 205 g/mol. The first kappa shape index (κ1) is 10.7. The Bertz CT molecular complexity index is 198. The summed E-state index contributed by atoms with van der Waals surface area (Å²) >= 11 is 0. The number of rotatable bonds is 3. The van der Waals surface area contributed by atoms with Crippen LogP contribution in [0, 0.1) is 0 Å². The minimum absolute atomic E-state index is 0.244. The Morgan fingerprint density at radius 2 is 2.15 bits per heavy atom. The molecule has 1 saturated heterocycles. The van der Waals surface area contributed by atoms with E-state index in [9.17, 15) is 9.00 Å². The van der Waals surface area contributed by atoms with E-state index in [2.05, 4.69) is 10.1 Å². The molecule has 0 aromatic heterocycles. The summed E-state index contributed by atoms with van der Waals surface area (Å²) < 4.78 is 15.5. The summed E-state index contributed by atoms with van der Waals surface area (Å²) in [7, 11) is 0.742. The maximum atomic E-state index is 11.0. The molecule has 4 nitrogen and oxygen atoms in total. The average Bonchev–Trinajstić information content (AvgIpc) is 2.16. The maximum absolute atomic E-state index is 11.0. The maximum Gasteiger partial charge on any atom is 0.319 e. The summed E-state index contributed by atoms with van der Waals surface area (Å²) in [4.78, 5) is 10.8. The average molecular weight is 205 g/mol. The molecular weight excluding hydrogens is 190 g/mol. The molecule has 1 aliphatic heterocycles. The van der Waals surface area contributed by atoms with Gasteiger partial charge in [-0.2, -0.15) is 0 Å². The normalized spacial score (nSPS) is 28.4. The van der Waals surface area contributed by atoms with E-state index < -0.39 is 10.8 Å². The molecule has 1 heterocycles. The standard InChI is InChI=1S/C8H15NO3S/c1-12-8(10)6-9-7-2-4-13(11)5-3-7/h7,9H,2-6H2,1H3. The predicted octanol–water partition coefficient (Wildman–Crippen LogP) is -0.340. The van der Waals surface area contributed by atoms with Gasteiger partial charge in [-0.1, -0.05) is 0 Å². The second kappa shape index (κ2) is 5.34. The highest BCUT2D eigenvalue weighted by atomic mass is 32.2. The molecule has 76 valence electrons.